The molecule has 0 amide bonds. The molecule has 1 atom stereocenters. The van der Waals surface area contributed by atoms with E-state index in [-0.39, 0.29) is 11.5 Å². The molecule has 1 unspecified atom stereocenters. The number of rotatable bonds is 8. The Bertz CT molecular complexity index is 2790. The zero-order valence-electron chi connectivity index (χ0n) is 32.4. The number of fused-ring (bicyclic) bond motifs is 4. The third-order valence-electron chi connectivity index (χ3n) is 12.0. The molecule has 0 aliphatic heterocycles. The van der Waals surface area contributed by atoms with Gasteiger partial charge in [0.25, 0.3) is 0 Å². The number of benzene rings is 8. The van der Waals surface area contributed by atoms with Crippen molar-refractivity contribution in [1.82, 2.24) is 0 Å². The van der Waals surface area contributed by atoms with E-state index in [0.29, 0.717) is 0 Å². The third kappa shape index (κ3) is 6.24. The molecule has 2 nitrogen and oxygen atoms in total. The summed E-state index contributed by atoms with van der Waals surface area (Å²) in [5.41, 5.74) is 16.1. The molecule has 8 aromatic carbocycles. The van der Waals surface area contributed by atoms with Crippen molar-refractivity contribution in [1.29, 1.82) is 0 Å². The Hall–Kier alpha value is -6.90. The van der Waals surface area contributed by atoms with Gasteiger partial charge >= 0.3 is 0 Å². The minimum absolute atomic E-state index is 0.0683. The molecule has 0 saturated carbocycles. The van der Waals surface area contributed by atoms with E-state index in [1.54, 1.807) is 0 Å². The summed E-state index contributed by atoms with van der Waals surface area (Å²) in [4.78, 5) is 4.87. The first-order chi connectivity index (χ1) is 28.0. The molecular formula is C55H44N2. The van der Waals surface area contributed by atoms with Crippen molar-refractivity contribution in [3.63, 3.8) is 0 Å². The van der Waals surface area contributed by atoms with Gasteiger partial charge in [-0.1, -0.05) is 166 Å². The van der Waals surface area contributed by atoms with Crippen LogP contribution < -0.4 is 9.80 Å². The third-order valence-corrected chi connectivity index (χ3v) is 12.0. The SMILES string of the molecule is CC1(C)c2ccccc2-c2ccc(N(c3ccccc3)c3ccc(-c4cccc(C5=CCC(N(c6ccccc6)c6cccc7ccccc67)C=C5)c4)cc3)cc21. The highest BCUT2D eigenvalue weighted by molar-refractivity contribution is 5.97. The minimum Gasteiger partial charge on any atom is -0.334 e. The van der Waals surface area contributed by atoms with E-state index in [4.69, 9.17) is 0 Å². The van der Waals surface area contributed by atoms with Crippen LogP contribution in [0.15, 0.2) is 212 Å². The lowest BCUT2D eigenvalue weighted by atomic mass is 9.82. The predicted octanol–water partition coefficient (Wildman–Crippen LogP) is 14.8. The molecule has 0 heterocycles. The van der Waals surface area contributed by atoms with E-state index >= 15 is 0 Å². The highest BCUT2D eigenvalue weighted by Gasteiger charge is 2.35. The molecule has 2 aliphatic carbocycles. The predicted molar refractivity (Wildman–Crippen MR) is 242 cm³/mol. The number of anilines is 5. The molecule has 2 aliphatic rings. The van der Waals surface area contributed by atoms with E-state index < -0.39 is 0 Å². The molecule has 0 saturated heterocycles. The zero-order valence-corrected chi connectivity index (χ0v) is 32.4. The average molecular weight is 733 g/mol. The van der Waals surface area contributed by atoms with Crippen molar-refractivity contribution in [3.05, 3.63) is 229 Å². The van der Waals surface area contributed by atoms with Gasteiger partial charge in [-0.25, -0.2) is 0 Å². The van der Waals surface area contributed by atoms with Gasteiger partial charge < -0.3 is 9.80 Å². The summed E-state index contributed by atoms with van der Waals surface area (Å²) in [6.45, 7) is 4.70. The number of para-hydroxylation sites is 2. The molecule has 2 heteroatoms. The second kappa shape index (κ2) is 14.3. The first-order valence-corrected chi connectivity index (χ1v) is 20.0. The monoisotopic (exact) mass is 732 g/mol. The van der Waals surface area contributed by atoms with Gasteiger partial charge in [0.15, 0.2) is 0 Å². The van der Waals surface area contributed by atoms with E-state index in [9.17, 15) is 0 Å². The van der Waals surface area contributed by atoms with E-state index in [1.807, 2.05) is 0 Å². The Morgan fingerprint density at radius 3 is 1.89 bits per heavy atom. The Labute approximate surface area is 336 Å². The fourth-order valence-corrected chi connectivity index (χ4v) is 9.07. The zero-order chi connectivity index (χ0) is 38.3. The number of nitrogens with zero attached hydrogens (tertiary/aromatic N) is 2. The lowest BCUT2D eigenvalue weighted by Gasteiger charge is -2.34. The Morgan fingerprint density at radius 1 is 0.474 bits per heavy atom. The summed E-state index contributed by atoms with van der Waals surface area (Å²) >= 11 is 0. The topological polar surface area (TPSA) is 6.48 Å². The first-order valence-electron chi connectivity index (χ1n) is 20.0. The minimum atomic E-state index is -0.0683. The summed E-state index contributed by atoms with van der Waals surface area (Å²) in [5.74, 6) is 0. The molecule has 0 fully saturated rings. The van der Waals surface area contributed by atoms with Gasteiger partial charge in [0.2, 0.25) is 0 Å². The Kier molecular flexibility index (Phi) is 8.68. The Balaban J connectivity index is 0.935. The molecule has 10 rings (SSSR count). The number of hydrogen-bond donors (Lipinski definition) is 0. The van der Waals surface area contributed by atoms with Gasteiger partial charge in [-0.2, -0.15) is 0 Å². The highest BCUT2D eigenvalue weighted by Crippen LogP contribution is 2.50. The highest BCUT2D eigenvalue weighted by atomic mass is 15.2. The molecular weight excluding hydrogens is 689 g/mol. The van der Waals surface area contributed by atoms with Gasteiger partial charge in [0, 0.05) is 39.2 Å². The maximum Gasteiger partial charge on any atom is 0.0560 e. The Morgan fingerprint density at radius 2 is 1.11 bits per heavy atom. The van der Waals surface area contributed by atoms with Gasteiger partial charge in [-0.3, -0.25) is 0 Å². The standard InChI is InChI=1S/C55H44N2/c1-55(2)52-25-12-11-24-50(52)51-36-35-48(38-53(51)55)56(44-19-5-3-6-20-44)46-31-27-39(28-32-46)42-17-13-18-43(37-42)40-29-33-47(34-30-40)57(45-21-7-4-8-22-45)54-26-14-16-41-15-9-10-23-49(41)54/h3-33,35-38,47H,34H2,1-2H3. The maximum absolute atomic E-state index is 2.49. The van der Waals surface area contributed by atoms with Crippen molar-refractivity contribution < 1.29 is 0 Å². The number of allylic oxidation sites excluding steroid dienone is 2. The molecule has 0 aromatic heterocycles. The second-order valence-electron chi connectivity index (χ2n) is 15.7. The van der Waals surface area contributed by atoms with Crippen LogP contribution in [0.5, 0.6) is 0 Å². The van der Waals surface area contributed by atoms with Crippen molar-refractivity contribution >= 4 is 44.8 Å². The quantitative estimate of drug-likeness (QED) is 0.153. The molecule has 8 aromatic rings. The first kappa shape index (κ1) is 34.6. The summed E-state index contributed by atoms with van der Waals surface area (Å²) in [6.07, 6.45) is 8.00. The molecule has 274 valence electrons. The fourth-order valence-electron chi connectivity index (χ4n) is 9.07. The van der Waals surface area contributed by atoms with Crippen LogP contribution >= 0.6 is 0 Å². The molecule has 0 N–H and O–H groups in total. The van der Waals surface area contributed by atoms with Crippen LogP contribution in [-0.4, -0.2) is 6.04 Å². The molecule has 0 spiro atoms. The van der Waals surface area contributed by atoms with Gasteiger partial charge in [-0.15, -0.1) is 0 Å². The lowest BCUT2D eigenvalue weighted by molar-refractivity contribution is 0.660. The molecule has 0 radical (unpaired) electrons. The van der Waals surface area contributed by atoms with E-state index in [1.165, 1.54) is 66.7 Å². The van der Waals surface area contributed by atoms with Crippen molar-refractivity contribution in [3.8, 4) is 22.3 Å². The van der Waals surface area contributed by atoms with Crippen molar-refractivity contribution in [2.24, 2.45) is 0 Å². The van der Waals surface area contributed by atoms with Crippen molar-refractivity contribution in [2.45, 2.75) is 31.7 Å². The van der Waals surface area contributed by atoms with E-state index in [2.05, 4.69) is 236 Å². The summed E-state index contributed by atoms with van der Waals surface area (Å²) in [5, 5.41) is 2.52. The molecule has 0 bridgehead atoms. The smallest absolute Gasteiger partial charge is 0.0560 e. The van der Waals surface area contributed by atoms with Crippen LogP contribution in [0.4, 0.5) is 28.4 Å². The average Bonchev–Trinajstić information content (AvgIpc) is 3.50. The van der Waals surface area contributed by atoms with Crippen LogP contribution in [0.1, 0.15) is 37.0 Å². The van der Waals surface area contributed by atoms with Crippen molar-refractivity contribution in [2.75, 3.05) is 9.80 Å². The summed E-state index contributed by atoms with van der Waals surface area (Å²) in [7, 11) is 0. The second-order valence-corrected chi connectivity index (χ2v) is 15.7. The molecule has 57 heavy (non-hydrogen) atoms. The van der Waals surface area contributed by atoms with Gasteiger partial charge in [0.1, 0.15) is 0 Å². The van der Waals surface area contributed by atoms with Crippen LogP contribution in [0, 0.1) is 0 Å². The lowest BCUT2D eigenvalue weighted by Crippen LogP contribution is -2.30. The summed E-state index contributed by atoms with van der Waals surface area (Å²) in [6, 6.07) is 70.9. The van der Waals surface area contributed by atoms with Gasteiger partial charge in [-0.05, 0) is 117 Å². The van der Waals surface area contributed by atoms with Gasteiger partial charge in [0.05, 0.1) is 6.04 Å². The van der Waals surface area contributed by atoms with Crippen LogP contribution in [0.3, 0.4) is 0 Å². The fraction of sp³-hybridized carbons (Fsp3) is 0.0909. The van der Waals surface area contributed by atoms with Crippen LogP contribution in [0.2, 0.25) is 0 Å². The van der Waals surface area contributed by atoms with Crippen LogP contribution in [-0.2, 0) is 5.41 Å². The van der Waals surface area contributed by atoms with Crippen LogP contribution in [0.25, 0.3) is 38.6 Å². The summed E-state index contributed by atoms with van der Waals surface area (Å²) < 4.78 is 0. The number of hydrogen-bond acceptors (Lipinski definition) is 2. The maximum atomic E-state index is 2.49. The normalized spacial score (nSPS) is 15.1. The largest absolute Gasteiger partial charge is 0.334 e. The van der Waals surface area contributed by atoms with E-state index in [0.717, 1.165) is 23.5 Å².